The summed E-state index contributed by atoms with van der Waals surface area (Å²) in [6.07, 6.45) is 4.44. The molecule has 1 N–H and O–H groups in total. The number of hydrogen-bond donors (Lipinski definition) is 1. The Hall–Kier alpha value is -1.12. The van der Waals surface area contributed by atoms with Gasteiger partial charge < -0.3 is 5.11 Å². The predicted octanol–water partition coefficient (Wildman–Crippen LogP) is 2.87. The second kappa shape index (κ2) is 3.80. The maximum atomic E-state index is 10.4. The highest BCUT2D eigenvalue weighted by Gasteiger charge is 2.40. The van der Waals surface area contributed by atoms with Gasteiger partial charge in [0.05, 0.1) is 5.54 Å². The normalized spacial score (nSPS) is 17.7. The molecular formula is C11H10BrNO2. The molecule has 0 amide bonds. The molecule has 0 saturated heterocycles. The number of isocyanates is 1. The largest absolute Gasteiger partial charge is 0.508 e. The summed E-state index contributed by atoms with van der Waals surface area (Å²) in [5.41, 5.74) is 0.545. The fraction of sp³-hybridized carbons (Fsp3) is 0.364. The summed E-state index contributed by atoms with van der Waals surface area (Å²) in [6, 6.07) is 5.04. The summed E-state index contributed by atoms with van der Waals surface area (Å²) < 4.78 is 0.793. The van der Waals surface area contributed by atoms with Crippen LogP contribution in [0.3, 0.4) is 0 Å². The van der Waals surface area contributed by atoms with Crippen molar-refractivity contribution in [2.45, 2.75) is 24.8 Å². The van der Waals surface area contributed by atoms with Gasteiger partial charge in [-0.05, 0) is 37.0 Å². The number of halogens is 1. The van der Waals surface area contributed by atoms with E-state index in [4.69, 9.17) is 0 Å². The van der Waals surface area contributed by atoms with Gasteiger partial charge in [0.15, 0.2) is 0 Å². The van der Waals surface area contributed by atoms with Crippen molar-refractivity contribution in [2.24, 2.45) is 4.99 Å². The van der Waals surface area contributed by atoms with Crippen molar-refractivity contribution in [1.29, 1.82) is 0 Å². The van der Waals surface area contributed by atoms with Crippen LogP contribution in [0.4, 0.5) is 0 Å². The van der Waals surface area contributed by atoms with Crippen molar-refractivity contribution in [3.05, 3.63) is 28.2 Å². The van der Waals surface area contributed by atoms with E-state index in [-0.39, 0.29) is 5.75 Å². The van der Waals surface area contributed by atoms with Gasteiger partial charge in [0.2, 0.25) is 6.08 Å². The van der Waals surface area contributed by atoms with Crippen LogP contribution in [0.25, 0.3) is 0 Å². The quantitative estimate of drug-likeness (QED) is 0.662. The first-order valence-electron chi connectivity index (χ1n) is 4.76. The van der Waals surface area contributed by atoms with Crippen molar-refractivity contribution in [3.8, 4) is 5.75 Å². The molecule has 0 bridgehead atoms. The lowest BCUT2D eigenvalue weighted by atomic mass is 9.72. The summed E-state index contributed by atoms with van der Waals surface area (Å²) in [7, 11) is 0. The van der Waals surface area contributed by atoms with Crippen molar-refractivity contribution in [2.75, 3.05) is 0 Å². The molecule has 0 radical (unpaired) electrons. The van der Waals surface area contributed by atoms with Crippen molar-refractivity contribution in [3.63, 3.8) is 0 Å². The second-order valence-corrected chi connectivity index (χ2v) is 4.61. The van der Waals surface area contributed by atoms with E-state index in [0.29, 0.717) is 0 Å². The van der Waals surface area contributed by atoms with E-state index in [1.54, 1.807) is 24.3 Å². The summed E-state index contributed by atoms with van der Waals surface area (Å²) in [4.78, 5) is 14.3. The number of rotatable bonds is 2. The van der Waals surface area contributed by atoms with E-state index in [1.807, 2.05) is 0 Å². The van der Waals surface area contributed by atoms with E-state index < -0.39 is 5.54 Å². The first-order valence-corrected chi connectivity index (χ1v) is 5.55. The summed E-state index contributed by atoms with van der Waals surface area (Å²) in [5.74, 6) is 0.204. The predicted molar refractivity (Wildman–Crippen MR) is 59.5 cm³/mol. The number of benzene rings is 1. The third-order valence-electron chi connectivity index (χ3n) is 2.89. The lowest BCUT2D eigenvalue weighted by molar-refractivity contribution is 0.254. The number of phenolic OH excluding ortho intramolecular Hbond substituents is 1. The highest BCUT2D eigenvalue weighted by atomic mass is 79.9. The number of aromatic hydroxyl groups is 1. The zero-order valence-electron chi connectivity index (χ0n) is 8.03. The average Bonchev–Trinajstić information content (AvgIpc) is 2.12. The van der Waals surface area contributed by atoms with Gasteiger partial charge in [-0.2, -0.15) is 4.99 Å². The lowest BCUT2D eigenvalue weighted by Crippen LogP contribution is -2.32. The van der Waals surface area contributed by atoms with Crippen LogP contribution < -0.4 is 0 Å². The molecule has 0 atom stereocenters. The minimum atomic E-state index is -0.408. The lowest BCUT2D eigenvalue weighted by Gasteiger charge is -2.37. The van der Waals surface area contributed by atoms with Crippen LogP contribution in [-0.4, -0.2) is 11.2 Å². The molecule has 3 nitrogen and oxygen atoms in total. The molecule has 0 spiro atoms. The van der Waals surface area contributed by atoms with Crippen LogP contribution in [0.1, 0.15) is 24.8 Å². The van der Waals surface area contributed by atoms with Crippen LogP contribution in [0.5, 0.6) is 5.75 Å². The van der Waals surface area contributed by atoms with Crippen LogP contribution in [0.2, 0.25) is 0 Å². The van der Waals surface area contributed by atoms with Crippen molar-refractivity contribution < 1.29 is 9.90 Å². The summed E-state index contributed by atoms with van der Waals surface area (Å²) in [5, 5.41) is 9.29. The van der Waals surface area contributed by atoms with Gasteiger partial charge >= 0.3 is 0 Å². The van der Waals surface area contributed by atoms with E-state index in [1.165, 1.54) is 0 Å². The smallest absolute Gasteiger partial charge is 0.235 e. The minimum absolute atomic E-state index is 0.204. The molecule has 1 fully saturated rings. The first kappa shape index (κ1) is 10.4. The molecule has 78 valence electrons. The maximum Gasteiger partial charge on any atom is 0.235 e. The molecule has 2 rings (SSSR count). The van der Waals surface area contributed by atoms with Crippen molar-refractivity contribution in [1.82, 2.24) is 0 Å². The molecule has 0 unspecified atom stereocenters. The zero-order chi connectivity index (χ0) is 10.9. The molecule has 15 heavy (non-hydrogen) atoms. The molecule has 1 aliphatic rings. The number of carbonyl (C=O) groups excluding carboxylic acids is 1. The number of phenols is 1. The van der Waals surface area contributed by atoms with Gasteiger partial charge in [-0.1, -0.05) is 22.0 Å². The maximum absolute atomic E-state index is 10.4. The highest BCUT2D eigenvalue weighted by molar-refractivity contribution is 9.10. The Bertz CT molecular complexity index is 434. The summed E-state index contributed by atoms with van der Waals surface area (Å²) in [6.45, 7) is 0. The molecule has 1 aromatic carbocycles. The van der Waals surface area contributed by atoms with E-state index in [0.717, 1.165) is 29.3 Å². The number of nitrogens with zero attached hydrogens (tertiary/aromatic N) is 1. The Morgan fingerprint density at radius 2 is 2.20 bits per heavy atom. The molecule has 0 heterocycles. The Kier molecular flexibility index (Phi) is 2.63. The third kappa shape index (κ3) is 1.71. The second-order valence-electron chi connectivity index (χ2n) is 3.75. The Labute approximate surface area is 96.0 Å². The molecule has 1 aliphatic carbocycles. The van der Waals surface area contributed by atoms with Crippen molar-refractivity contribution >= 4 is 22.0 Å². The SMILES string of the molecule is O=C=NC1(c2ccc(O)cc2Br)CCC1. The molecular weight excluding hydrogens is 258 g/mol. The molecule has 1 aromatic rings. The van der Waals surface area contributed by atoms with Crippen LogP contribution in [0.15, 0.2) is 27.7 Å². The summed E-state index contributed by atoms with van der Waals surface area (Å²) >= 11 is 3.38. The van der Waals surface area contributed by atoms with Crippen LogP contribution in [-0.2, 0) is 10.3 Å². The molecule has 0 aromatic heterocycles. The van der Waals surface area contributed by atoms with E-state index in [9.17, 15) is 9.90 Å². The third-order valence-corrected chi connectivity index (χ3v) is 3.55. The standard InChI is InChI=1S/C11H10BrNO2/c12-10-6-8(15)2-3-9(10)11(13-7-14)4-1-5-11/h2-3,6,15H,1,4-5H2. The zero-order valence-corrected chi connectivity index (χ0v) is 9.62. The fourth-order valence-corrected chi connectivity index (χ4v) is 2.66. The number of aliphatic imine (C=N–C) groups is 1. The van der Waals surface area contributed by atoms with Gasteiger partial charge in [0, 0.05) is 4.47 Å². The topological polar surface area (TPSA) is 49.7 Å². The van der Waals surface area contributed by atoms with Gasteiger partial charge in [0.25, 0.3) is 0 Å². The monoisotopic (exact) mass is 267 g/mol. The molecule has 1 saturated carbocycles. The fourth-order valence-electron chi connectivity index (χ4n) is 1.92. The van der Waals surface area contributed by atoms with Gasteiger partial charge in [0.1, 0.15) is 5.75 Å². The average molecular weight is 268 g/mol. The van der Waals surface area contributed by atoms with Gasteiger partial charge in [-0.3, -0.25) is 0 Å². The molecule has 0 aliphatic heterocycles. The van der Waals surface area contributed by atoms with E-state index in [2.05, 4.69) is 20.9 Å². The Morgan fingerprint density at radius 3 is 2.67 bits per heavy atom. The minimum Gasteiger partial charge on any atom is -0.508 e. The van der Waals surface area contributed by atoms with E-state index >= 15 is 0 Å². The van der Waals surface area contributed by atoms with Crippen LogP contribution in [0, 0.1) is 0 Å². The van der Waals surface area contributed by atoms with Gasteiger partial charge in [-0.15, -0.1) is 0 Å². The highest BCUT2D eigenvalue weighted by Crippen LogP contribution is 2.47. The van der Waals surface area contributed by atoms with Gasteiger partial charge in [-0.25, -0.2) is 4.79 Å². The Balaban J connectivity index is 2.47. The van der Waals surface area contributed by atoms with Crippen LogP contribution >= 0.6 is 15.9 Å². The number of hydrogen-bond acceptors (Lipinski definition) is 3. The molecule has 4 heteroatoms. The first-order chi connectivity index (χ1) is 7.18. The Morgan fingerprint density at radius 1 is 1.47 bits per heavy atom.